The lowest BCUT2D eigenvalue weighted by atomic mass is 9.73. The SMILES string of the molecule is O=C(c1ccc2[nH]cnc2c1)N1CCC[C@@H]2c3ccc(-c4ccccc4)cc3CC[C@H]21. The predicted molar refractivity (Wildman–Crippen MR) is 123 cm³/mol. The minimum absolute atomic E-state index is 0.143. The fourth-order valence-corrected chi connectivity index (χ4v) is 5.56. The molecule has 2 aliphatic rings. The maximum atomic E-state index is 13.5. The van der Waals surface area contributed by atoms with Gasteiger partial charge in [-0.05, 0) is 66.1 Å². The van der Waals surface area contributed by atoms with E-state index >= 15 is 0 Å². The lowest BCUT2D eigenvalue weighted by Gasteiger charge is -2.45. The number of aromatic amines is 1. The molecule has 6 rings (SSSR count). The highest BCUT2D eigenvalue weighted by molar-refractivity contribution is 5.97. The molecule has 3 aromatic carbocycles. The van der Waals surface area contributed by atoms with Gasteiger partial charge in [0.2, 0.25) is 0 Å². The summed E-state index contributed by atoms with van der Waals surface area (Å²) >= 11 is 0. The molecule has 0 radical (unpaired) electrons. The number of benzene rings is 3. The number of imidazole rings is 1. The van der Waals surface area contributed by atoms with Gasteiger partial charge in [-0.3, -0.25) is 4.79 Å². The molecule has 1 aliphatic heterocycles. The van der Waals surface area contributed by atoms with E-state index in [0.29, 0.717) is 5.92 Å². The molecule has 1 aromatic heterocycles. The third-order valence-corrected chi connectivity index (χ3v) is 7.07. The van der Waals surface area contributed by atoms with E-state index in [1.165, 1.54) is 22.3 Å². The van der Waals surface area contributed by atoms with Gasteiger partial charge in [0.25, 0.3) is 5.91 Å². The summed E-state index contributed by atoms with van der Waals surface area (Å²) in [5, 5.41) is 0. The van der Waals surface area contributed by atoms with Crippen molar-refractivity contribution in [1.82, 2.24) is 14.9 Å². The number of likely N-dealkylation sites (tertiary alicyclic amines) is 1. The Labute approximate surface area is 181 Å². The van der Waals surface area contributed by atoms with Gasteiger partial charge in [-0.15, -0.1) is 0 Å². The molecule has 1 amide bonds. The second-order valence-electron chi connectivity index (χ2n) is 8.77. The van der Waals surface area contributed by atoms with Gasteiger partial charge in [0, 0.05) is 24.1 Å². The van der Waals surface area contributed by atoms with E-state index in [2.05, 4.69) is 63.4 Å². The first-order chi connectivity index (χ1) is 15.3. The number of carbonyl (C=O) groups is 1. The number of fused-ring (bicyclic) bond motifs is 4. The summed E-state index contributed by atoms with van der Waals surface area (Å²) in [7, 11) is 0. The molecule has 0 bridgehead atoms. The molecule has 154 valence electrons. The van der Waals surface area contributed by atoms with Crippen LogP contribution in [-0.4, -0.2) is 33.4 Å². The number of piperidine rings is 1. The molecule has 2 atom stereocenters. The van der Waals surface area contributed by atoms with Crippen LogP contribution >= 0.6 is 0 Å². The number of aromatic nitrogens is 2. The second kappa shape index (κ2) is 7.38. The van der Waals surface area contributed by atoms with E-state index in [0.717, 1.165) is 48.8 Å². The number of hydrogen-bond donors (Lipinski definition) is 1. The van der Waals surface area contributed by atoms with E-state index in [1.807, 2.05) is 18.2 Å². The smallest absolute Gasteiger partial charge is 0.254 e. The van der Waals surface area contributed by atoms with Gasteiger partial charge in [0.15, 0.2) is 0 Å². The van der Waals surface area contributed by atoms with Crippen molar-refractivity contribution in [2.75, 3.05) is 6.54 Å². The quantitative estimate of drug-likeness (QED) is 0.473. The highest BCUT2D eigenvalue weighted by Gasteiger charge is 2.38. The summed E-state index contributed by atoms with van der Waals surface area (Å²) in [4.78, 5) is 23.0. The lowest BCUT2D eigenvalue weighted by Crippen LogP contribution is -2.49. The second-order valence-corrected chi connectivity index (χ2v) is 8.77. The molecule has 4 nitrogen and oxygen atoms in total. The van der Waals surface area contributed by atoms with E-state index < -0.39 is 0 Å². The van der Waals surface area contributed by atoms with Crippen LogP contribution in [0.4, 0.5) is 0 Å². The van der Waals surface area contributed by atoms with Gasteiger partial charge in [-0.2, -0.15) is 0 Å². The first-order valence-electron chi connectivity index (χ1n) is 11.2. The third-order valence-electron chi connectivity index (χ3n) is 7.07. The Morgan fingerprint density at radius 1 is 0.968 bits per heavy atom. The highest BCUT2D eigenvalue weighted by atomic mass is 16.2. The molecule has 1 fully saturated rings. The van der Waals surface area contributed by atoms with Crippen molar-refractivity contribution in [1.29, 1.82) is 0 Å². The molecule has 31 heavy (non-hydrogen) atoms. The summed E-state index contributed by atoms with van der Waals surface area (Å²) in [6.45, 7) is 0.843. The van der Waals surface area contributed by atoms with Crippen LogP contribution in [0.5, 0.6) is 0 Å². The highest BCUT2D eigenvalue weighted by Crippen LogP contribution is 2.42. The number of nitrogens with one attached hydrogen (secondary N) is 1. The number of H-pyrrole nitrogens is 1. The summed E-state index contributed by atoms with van der Waals surface area (Å²) in [5.74, 6) is 0.573. The zero-order valence-electron chi connectivity index (χ0n) is 17.4. The van der Waals surface area contributed by atoms with Crippen LogP contribution < -0.4 is 0 Å². The van der Waals surface area contributed by atoms with Crippen LogP contribution in [0.25, 0.3) is 22.2 Å². The number of aryl methyl sites for hydroxylation is 1. The first kappa shape index (κ1) is 18.4. The predicted octanol–water partition coefficient (Wildman–Crippen LogP) is 5.56. The summed E-state index contributed by atoms with van der Waals surface area (Å²) in [5.41, 5.74) is 8.00. The lowest BCUT2D eigenvalue weighted by molar-refractivity contribution is 0.0547. The fraction of sp³-hybridized carbons (Fsp3) is 0.259. The largest absolute Gasteiger partial charge is 0.345 e. The average Bonchev–Trinajstić information content (AvgIpc) is 3.31. The molecule has 1 N–H and O–H groups in total. The maximum Gasteiger partial charge on any atom is 0.254 e. The molecular formula is C27H25N3O. The number of hydrogen-bond acceptors (Lipinski definition) is 2. The Balaban J connectivity index is 1.30. The van der Waals surface area contributed by atoms with Gasteiger partial charge in [0.05, 0.1) is 17.4 Å². The van der Waals surface area contributed by atoms with E-state index in [1.54, 1.807) is 6.33 Å². The van der Waals surface area contributed by atoms with Crippen LogP contribution in [0.1, 0.15) is 46.7 Å². The number of amides is 1. The summed E-state index contributed by atoms with van der Waals surface area (Å²) in [6, 6.07) is 23.6. The number of carbonyl (C=O) groups excluding carboxylic acids is 1. The number of rotatable bonds is 2. The minimum atomic E-state index is 0.143. The van der Waals surface area contributed by atoms with Crippen LogP contribution in [0.2, 0.25) is 0 Å². The van der Waals surface area contributed by atoms with Crippen LogP contribution in [0.3, 0.4) is 0 Å². The summed E-state index contributed by atoms with van der Waals surface area (Å²) < 4.78 is 0. The van der Waals surface area contributed by atoms with Crippen molar-refractivity contribution in [3.05, 3.63) is 89.7 Å². The van der Waals surface area contributed by atoms with Crippen LogP contribution in [0.15, 0.2) is 73.1 Å². The van der Waals surface area contributed by atoms with Crippen molar-refractivity contribution < 1.29 is 4.79 Å². The van der Waals surface area contributed by atoms with Gasteiger partial charge >= 0.3 is 0 Å². The number of nitrogens with zero attached hydrogens (tertiary/aromatic N) is 2. The minimum Gasteiger partial charge on any atom is -0.345 e. The normalized spacial score (nSPS) is 20.3. The molecule has 1 saturated heterocycles. The van der Waals surface area contributed by atoms with Crippen molar-refractivity contribution >= 4 is 16.9 Å². The fourth-order valence-electron chi connectivity index (χ4n) is 5.56. The van der Waals surface area contributed by atoms with Crippen molar-refractivity contribution in [2.45, 2.75) is 37.6 Å². The van der Waals surface area contributed by atoms with Gasteiger partial charge in [0.1, 0.15) is 0 Å². The Morgan fingerprint density at radius 3 is 2.77 bits per heavy atom. The summed E-state index contributed by atoms with van der Waals surface area (Å²) in [6.07, 6.45) is 5.95. The van der Waals surface area contributed by atoms with E-state index in [9.17, 15) is 4.79 Å². The Kier molecular flexibility index (Phi) is 4.37. The van der Waals surface area contributed by atoms with Gasteiger partial charge in [-0.25, -0.2) is 4.98 Å². The van der Waals surface area contributed by atoms with Crippen molar-refractivity contribution in [3.8, 4) is 11.1 Å². The van der Waals surface area contributed by atoms with Crippen LogP contribution in [-0.2, 0) is 6.42 Å². The standard InChI is InChI=1S/C27H25N3O/c31-27(21-9-12-24-25(16-21)29-17-28-24)30-14-4-7-23-22-11-8-19(18-5-2-1-3-6-18)15-20(22)10-13-26(23)30/h1-3,5-6,8-9,11-12,15-17,23,26H,4,7,10,13-14H2,(H,28,29)/t23-,26-/m1/s1. The van der Waals surface area contributed by atoms with Gasteiger partial charge < -0.3 is 9.88 Å². The molecular weight excluding hydrogens is 382 g/mol. The average molecular weight is 408 g/mol. The Hall–Kier alpha value is -3.40. The maximum absolute atomic E-state index is 13.5. The molecule has 2 heterocycles. The molecule has 4 heteroatoms. The zero-order valence-corrected chi connectivity index (χ0v) is 17.4. The van der Waals surface area contributed by atoms with Crippen LogP contribution in [0, 0.1) is 0 Å². The molecule has 0 spiro atoms. The van der Waals surface area contributed by atoms with E-state index in [-0.39, 0.29) is 11.9 Å². The van der Waals surface area contributed by atoms with Crippen molar-refractivity contribution in [2.24, 2.45) is 0 Å². The zero-order chi connectivity index (χ0) is 20.8. The third kappa shape index (κ3) is 3.14. The molecule has 0 unspecified atom stereocenters. The van der Waals surface area contributed by atoms with Crippen molar-refractivity contribution in [3.63, 3.8) is 0 Å². The van der Waals surface area contributed by atoms with Gasteiger partial charge in [-0.1, -0.05) is 48.5 Å². The molecule has 4 aromatic rings. The topological polar surface area (TPSA) is 49.0 Å². The van der Waals surface area contributed by atoms with E-state index in [4.69, 9.17) is 0 Å². The molecule has 1 aliphatic carbocycles. The Morgan fingerprint density at radius 2 is 1.87 bits per heavy atom. The Bertz CT molecular complexity index is 1260. The molecule has 0 saturated carbocycles. The monoisotopic (exact) mass is 407 g/mol. The first-order valence-corrected chi connectivity index (χ1v) is 11.2.